The van der Waals surface area contributed by atoms with Gasteiger partial charge in [0.25, 0.3) is 0 Å². The molecule has 0 aromatic carbocycles. The second kappa shape index (κ2) is 7.75. The summed E-state index contributed by atoms with van der Waals surface area (Å²) in [5, 5.41) is 11.7. The van der Waals surface area contributed by atoms with Gasteiger partial charge in [0.05, 0.1) is 6.10 Å². The molecule has 1 heteroatoms. The average Bonchev–Trinajstić information content (AvgIpc) is 2.88. The van der Waals surface area contributed by atoms with Gasteiger partial charge >= 0.3 is 0 Å². The average molecular weight is 427 g/mol. The van der Waals surface area contributed by atoms with Crippen molar-refractivity contribution < 1.29 is 5.11 Å². The highest BCUT2D eigenvalue weighted by Gasteiger charge is 2.65. The first kappa shape index (κ1) is 23.6. The number of fused-ring (bicyclic) bond motifs is 4. The Morgan fingerprint density at radius 1 is 1.03 bits per heavy atom. The summed E-state index contributed by atoms with van der Waals surface area (Å²) in [4.78, 5) is 0. The van der Waals surface area contributed by atoms with Crippen molar-refractivity contribution in [3.8, 4) is 0 Å². The Morgan fingerprint density at radius 3 is 2.42 bits per heavy atom. The molecule has 0 aliphatic heterocycles. The largest absolute Gasteiger partial charge is 0.392 e. The zero-order valence-corrected chi connectivity index (χ0v) is 21.9. The van der Waals surface area contributed by atoms with Crippen molar-refractivity contribution in [1.29, 1.82) is 0 Å². The zero-order chi connectivity index (χ0) is 22.8. The third-order valence-electron chi connectivity index (χ3n) is 11.5. The second-order valence-electron chi connectivity index (χ2n) is 13.6. The Balaban J connectivity index is 1.69. The third-order valence-corrected chi connectivity index (χ3v) is 11.5. The summed E-state index contributed by atoms with van der Waals surface area (Å²) in [6.45, 7) is 19.6. The Kier molecular flexibility index (Phi) is 5.90. The molecule has 0 saturated heterocycles. The molecule has 2 fully saturated rings. The highest BCUT2D eigenvalue weighted by atomic mass is 16.3. The first-order chi connectivity index (χ1) is 14.4. The summed E-state index contributed by atoms with van der Waals surface area (Å²) in [7, 11) is 0. The van der Waals surface area contributed by atoms with Crippen molar-refractivity contribution in [1.82, 2.24) is 0 Å². The van der Waals surface area contributed by atoms with Crippen LogP contribution in [0, 0.1) is 39.4 Å². The zero-order valence-electron chi connectivity index (χ0n) is 21.9. The minimum atomic E-state index is -0.171. The van der Waals surface area contributed by atoms with E-state index >= 15 is 0 Å². The summed E-state index contributed by atoms with van der Waals surface area (Å²) in [6, 6.07) is 0. The predicted octanol–water partition coefficient (Wildman–Crippen LogP) is 8.48. The lowest BCUT2D eigenvalue weighted by molar-refractivity contribution is -0.0421. The summed E-state index contributed by atoms with van der Waals surface area (Å²) >= 11 is 0. The third kappa shape index (κ3) is 3.34. The van der Waals surface area contributed by atoms with Crippen LogP contribution in [0.1, 0.15) is 120 Å². The predicted molar refractivity (Wildman–Crippen MR) is 133 cm³/mol. The van der Waals surface area contributed by atoms with Crippen LogP contribution >= 0.6 is 0 Å². The maximum absolute atomic E-state index is 11.7. The van der Waals surface area contributed by atoms with Crippen LogP contribution < -0.4 is 0 Å². The lowest BCUT2D eigenvalue weighted by Crippen LogP contribution is -2.53. The van der Waals surface area contributed by atoms with E-state index in [1.807, 2.05) is 0 Å². The van der Waals surface area contributed by atoms with Gasteiger partial charge in [-0.1, -0.05) is 70.8 Å². The van der Waals surface area contributed by atoms with Crippen LogP contribution in [0.2, 0.25) is 0 Å². The molecule has 0 heterocycles. The molecular weight excluding hydrogens is 376 g/mol. The molecule has 1 nitrogen and oxygen atoms in total. The number of aliphatic hydroxyl groups is 1. The molecular formula is C30H50O. The van der Waals surface area contributed by atoms with E-state index in [0.29, 0.717) is 22.7 Å². The molecule has 2 saturated carbocycles. The molecule has 0 bridgehead atoms. The van der Waals surface area contributed by atoms with Gasteiger partial charge in [0.2, 0.25) is 0 Å². The number of aliphatic hydroxyl groups excluding tert-OH is 1. The van der Waals surface area contributed by atoms with Crippen molar-refractivity contribution in [2.45, 2.75) is 126 Å². The Bertz CT molecular complexity index is 767. The molecule has 0 aromatic rings. The molecule has 0 amide bonds. The normalized spacial score (nSPS) is 44.9. The van der Waals surface area contributed by atoms with Crippen LogP contribution in [-0.4, -0.2) is 11.2 Å². The van der Waals surface area contributed by atoms with Crippen molar-refractivity contribution in [2.75, 3.05) is 0 Å². The highest BCUT2D eigenvalue weighted by molar-refractivity contribution is 5.39. The molecule has 7 atom stereocenters. The molecule has 0 radical (unpaired) electrons. The van der Waals surface area contributed by atoms with E-state index in [0.717, 1.165) is 12.3 Å². The lowest BCUT2D eigenvalue weighted by Gasteiger charge is -2.61. The topological polar surface area (TPSA) is 20.2 Å². The first-order valence-corrected chi connectivity index (χ1v) is 13.4. The van der Waals surface area contributed by atoms with E-state index in [9.17, 15) is 5.11 Å². The molecule has 4 aliphatic carbocycles. The van der Waals surface area contributed by atoms with Crippen molar-refractivity contribution >= 4 is 0 Å². The van der Waals surface area contributed by atoms with Crippen molar-refractivity contribution in [3.63, 3.8) is 0 Å². The van der Waals surface area contributed by atoms with E-state index in [2.05, 4.69) is 61.5 Å². The minimum Gasteiger partial charge on any atom is -0.392 e. The van der Waals surface area contributed by atoms with Crippen LogP contribution in [0.25, 0.3) is 0 Å². The van der Waals surface area contributed by atoms with Gasteiger partial charge < -0.3 is 5.11 Å². The summed E-state index contributed by atoms with van der Waals surface area (Å²) in [5.74, 6) is 2.14. The lowest BCUT2D eigenvalue weighted by atomic mass is 9.43. The Hall–Kier alpha value is -0.560. The quantitative estimate of drug-likeness (QED) is 0.447. The number of hydrogen-bond acceptors (Lipinski definition) is 1. The molecule has 31 heavy (non-hydrogen) atoms. The highest BCUT2D eigenvalue weighted by Crippen LogP contribution is 2.72. The summed E-state index contributed by atoms with van der Waals surface area (Å²) < 4.78 is 0. The maximum atomic E-state index is 11.7. The maximum Gasteiger partial charge on any atom is 0.0639 e. The van der Waals surface area contributed by atoms with Crippen LogP contribution in [0.4, 0.5) is 0 Å². The number of hydrogen-bond donors (Lipinski definition) is 1. The fraction of sp³-hybridized carbons (Fsp3) is 0.867. The van der Waals surface area contributed by atoms with Crippen LogP contribution in [0.3, 0.4) is 0 Å². The summed E-state index contributed by atoms with van der Waals surface area (Å²) in [5.41, 5.74) is 5.99. The van der Waals surface area contributed by atoms with Gasteiger partial charge in [0, 0.05) is 5.41 Å². The monoisotopic (exact) mass is 426 g/mol. The fourth-order valence-electron chi connectivity index (χ4n) is 9.56. The molecule has 176 valence electrons. The SMILES string of the molecule is CC(C)=CCC[C@@H](C)[C@H]1CC(O)[C@@]2(C)C3=C(CC[C@@]12C)[C@@]1(C)CCCC(C)(C)C1CC3. The van der Waals surface area contributed by atoms with Gasteiger partial charge in [0.15, 0.2) is 0 Å². The van der Waals surface area contributed by atoms with Crippen molar-refractivity contribution in [2.24, 2.45) is 39.4 Å². The van der Waals surface area contributed by atoms with Gasteiger partial charge in [-0.15, -0.1) is 0 Å². The van der Waals surface area contributed by atoms with E-state index in [4.69, 9.17) is 0 Å². The van der Waals surface area contributed by atoms with Gasteiger partial charge in [-0.25, -0.2) is 0 Å². The van der Waals surface area contributed by atoms with Crippen LogP contribution in [0.15, 0.2) is 22.8 Å². The molecule has 0 spiro atoms. The number of allylic oxidation sites excluding steroid dienone is 3. The first-order valence-electron chi connectivity index (χ1n) is 13.4. The van der Waals surface area contributed by atoms with Crippen LogP contribution in [-0.2, 0) is 0 Å². The standard InChI is InChI=1S/C30H50O/c1-20(2)11-9-12-21(3)24-19-26(31)30(8)23-13-14-25-27(4,5)16-10-17-28(25,6)22(23)15-18-29(24,30)7/h11,21,24-26,31H,9-10,12-19H2,1-8H3/t21-,24-,25?,26?,28-,29+,30-/m1/s1. The minimum absolute atomic E-state index is 0.0222. The van der Waals surface area contributed by atoms with E-state index in [1.165, 1.54) is 63.4 Å². The van der Waals surface area contributed by atoms with Gasteiger partial charge in [0.1, 0.15) is 0 Å². The van der Waals surface area contributed by atoms with E-state index in [1.54, 1.807) is 11.1 Å². The van der Waals surface area contributed by atoms with Crippen molar-refractivity contribution in [3.05, 3.63) is 22.8 Å². The molecule has 0 aromatic heterocycles. The van der Waals surface area contributed by atoms with Gasteiger partial charge in [-0.3, -0.25) is 0 Å². The molecule has 4 aliphatic rings. The molecule has 1 N–H and O–H groups in total. The smallest absolute Gasteiger partial charge is 0.0639 e. The van der Waals surface area contributed by atoms with Crippen LogP contribution in [0.5, 0.6) is 0 Å². The second-order valence-corrected chi connectivity index (χ2v) is 13.6. The van der Waals surface area contributed by atoms with Gasteiger partial charge in [-0.05, 0) is 106 Å². The van der Waals surface area contributed by atoms with Gasteiger partial charge in [-0.2, -0.15) is 0 Å². The Labute approximate surface area is 193 Å². The number of rotatable bonds is 4. The molecule has 4 rings (SSSR count). The van der Waals surface area contributed by atoms with E-state index < -0.39 is 0 Å². The summed E-state index contributed by atoms with van der Waals surface area (Å²) in [6.07, 6.45) is 14.9. The van der Waals surface area contributed by atoms with E-state index in [-0.39, 0.29) is 16.9 Å². The molecule has 2 unspecified atom stereocenters. The fourth-order valence-corrected chi connectivity index (χ4v) is 9.56. The Morgan fingerprint density at radius 2 is 1.74 bits per heavy atom.